The number of rotatable bonds is 19. The van der Waals surface area contributed by atoms with Gasteiger partial charge in [0.05, 0.1) is 5.92 Å². The van der Waals surface area contributed by atoms with E-state index in [-0.39, 0.29) is 18.0 Å². The second-order valence-corrected chi connectivity index (χ2v) is 12.9. The highest BCUT2D eigenvalue weighted by Crippen LogP contribution is 2.56. The van der Waals surface area contributed by atoms with E-state index in [1.165, 1.54) is 128 Å². The number of fused-ring (bicyclic) bond motifs is 2. The zero-order valence-corrected chi connectivity index (χ0v) is 24.1. The van der Waals surface area contributed by atoms with Gasteiger partial charge in [0.15, 0.2) is 0 Å². The molecule has 0 unspecified atom stereocenters. The zero-order valence-electron chi connectivity index (χ0n) is 24.1. The Kier molecular flexibility index (Phi) is 13.4. The smallest absolute Gasteiger partial charge is 0.310 e. The SMILES string of the molecule is C=C1CCC[C@]2(C)C[C@@H]3OC(=O)[C@@H](CNCCCCCCCCCCCCCCCCCC)[C@@H]3C[C@H]12. The van der Waals surface area contributed by atoms with Crippen molar-refractivity contribution in [3.05, 3.63) is 12.2 Å². The van der Waals surface area contributed by atoms with E-state index in [0.717, 1.165) is 25.9 Å². The molecule has 0 aromatic rings. The number of hydrogen-bond acceptors (Lipinski definition) is 3. The monoisotopic (exact) mass is 501 g/mol. The van der Waals surface area contributed by atoms with Crippen molar-refractivity contribution >= 4 is 5.97 Å². The molecule has 3 fully saturated rings. The van der Waals surface area contributed by atoms with Crippen molar-refractivity contribution in [2.24, 2.45) is 23.2 Å². The molecule has 1 saturated heterocycles. The third-order valence-electron chi connectivity index (χ3n) is 9.89. The summed E-state index contributed by atoms with van der Waals surface area (Å²) in [5.74, 6) is 1.08. The Morgan fingerprint density at radius 2 is 1.44 bits per heavy atom. The van der Waals surface area contributed by atoms with Crippen LogP contribution in [0.3, 0.4) is 0 Å². The number of nitrogens with one attached hydrogen (secondary N) is 1. The Labute approximate surface area is 224 Å². The van der Waals surface area contributed by atoms with Gasteiger partial charge in [-0.05, 0) is 56.4 Å². The largest absolute Gasteiger partial charge is 0.462 e. The van der Waals surface area contributed by atoms with E-state index in [4.69, 9.17) is 4.74 Å². The van der Waals surface area contributed by atoms with E-state index in [0.29, 0.717) is 17.3 Å². The van der Waals surface area contributed by atoms with Gasteiger partial charge in [0.1, 0.15) is 6.10 Å². The van der Waals surface area contributed by atoms with Crippen LogP contribution in [-0.2, 0) is 9.53 Å². The molecule has 1 aliphatic heterocycles. The molecule has 0 aromatic heterocycles. The number of unbranched alkanes of at least 4 members (excludes halogenated alkanes) is 15. The van der Waals surface area contributed by atoms with E-state index in [2.05, 4.69) is 25.7 Å². The average Bonchev–Trinajstić information content (AvgIpc) is 3.15. The molecule has 1 heterocycles. The Hall–Kier alpha value is -0.830. The molecule has 0 bridgehead atoms. The number of carbonyl (C=O) groups is 1. The maximum absolute atomic E-state index is 12.7. The van der Waals surface area contributed by atoms with Crippen molar-refractivity contribution in [2.45, 2.75) is 155 Å². The maximum atomic E-state index is 12.7. The fourth-order valence-electron chi connectivity index (χ4n) is 7.55. The molecule has 2 saturated carbocycles. The van der Waals surface area contributed by atoms with Crippen LogP contribution < -0.4 is 5.32 Å². The van der Waals surface area contributed by atoms with Gasteiger partial charge in [-0.15, -0.1) is 0 Å². The summed E-state index contributed by atoms with van der Waals surface area (Å²) < 4.78 is 5.91. The first kappa shape index (κ1) is 29.7. The van der Waals surface area contributed by atoms with Crippen LogP contribution in [0.2, 0.25) is 0 Å². The minimum absolute atomic E-state index is 0.0512. The molecule has 3 aliphatic rings. The van der Waals surface area contributed by atoms with Crippen molar-refractivity contribution in [1.82, 2.24) is 5.32 Å². The lowest BCUT2D eigenvalue weighted by Crippen LogP contribution is -2.45. The minimum atomic E-state index is 0.0512. The lowest BCUT2D eigenvalue weighted by atomic mass is 9.55. The zero-order chi connectivity index (χ0) is 25.6. The first-order valence-electron chi connectivity index (χ1n) is 16.1. The molecular weight excluding hydrogens is 442 g/mol. The molecule has 0 spiro atoms. The van der Waals surface area contributed by atoms with E-state index in [1.54, 1.807) is 0 Å². The van der Waals surface area contributed by atoms with Gasteiger partial charge in [-0.25, -0.2) is 0 Å². The summed E-state index contributed by atoms with van der Waals surface area (Å²) in [4.78, 5) is 12.7. The highest BCUT2D eigenvalue weighted by atomic mass is 16.6. The molecule has 208 valence electrons. The fourth-order valence-corrected chi connectivity index (χ4v) is 7.55. The molecular formula is C33H59NO2. The van der Waals surface area contributed by atoms with Crippen molar-refractivity contribution in [1.29, 1.82) is 0 Å². The van der Waals surface area contributed by atoms with Gasteiger partial charge >= 0.3 is 5.97 Å². The van der Waals surface area contributed by atoms with Crippen molar-refractivity contribution in [3.63, 3.8) is 0 Å². The molecule has 2 aliphatic carbocycles. The maximum Gasteiger partial charge on any atom is 0.310 e. The van der Waals surface area contributed by atoms with Crippen LogP contribution in [0.25, 0.3) is 0 Å². The highest BCUT2D eigenvalue weighted by molar-refractivity contribution is 5.75. The summed E-state index contributed by atoms with van der Waals surface area (Å²) in [5, 5.41) is 3.61. The molecule has 3 nitrogen and oxygen atoms in total. The van der Waals surface area contributed by atoms with Crippen LogP contribution in [0.1, 0.15) is 149 Å². The van der Waals surface area contributed by atoms with Crippen molar-refractivity contribution in [2.75, 3.05) is 13.1 Å². The van der Waals surface area contributed by atoms with Gasteiger partial charge < -0.3 is 10.1 Å². The topological polar surface area (TPSA) is 38.3 Å². The Balaban J connectivity index is 1.14. The summed E-state index contributed by atoms with van der Waals surface area (Å²) >= 11 is 0. The van der Waals surface area contributed by atoms with Gasteiger partial charge in [0.25, 0.3) is 0 Å². The van der Waals surface area contributed by atoms with E-state index in [1.807, 2.05) is 0 Å². The van der Waals surface area contributed by atoms with E-state index >= 15 is 0 Å². The van der Waals surface area contributed by atoms with E-state index < -0.39 is 0 Å². The van der Waals surface area contributed by atoms with Crippen molar-refractivity contribution in [3.8, 4) is 0 Å². The molecule has 5 atom stereocenters. The number of esters is 1. The predicted octanol–water partition coefficient (Wildman–Crippen LogP) is 9.15. The standard InChI is InChI=1S/C33H59NO2/c1-4-5-6-7-8-9-10-11-12-13-14-15-16-17-18-19-23-34-26-29-28-24-30-27(2)21-20-22-33(30,3)25-31(28)36-32(29)35/h28-31,34H,2,4-26H2,1,3H3/t28-,29-,30+,31-,33+/m0/s1. The third kappa shape index (κ3) is 9.17. The quantitative estimate of drug-likeness (QED) is 0.109. The van der Waals surface area contributed by atoms with Crippen molar-refractivity contribution < 1.29 is 9.53 Å². The van der Waals surface area contributed by atoms with Gasteiger partial charge in [-0.2, -0.15) is 0 Å². The summed E-state index contributed by atoms with van der Waals surface area (Å²) in [6, 6.07) is 0. The first-order valence-corrected chi connectivity index (χ1v) is 16.1. The number of ether oxygens (including phenoxy) is 1. The van der Waals surface area contributed by atoms with Crippen LogP contribution >= 0.6 is 0 Å². The molecule has 1 N–H and O–H groups in total. The van der Waals surface area contributed by atoms with Gasteiger partial charge in [-0.3, -0.25) is 4.79 Å². The summed E-state index contributed by atoms with van der Waals surface area (Å²) in [7, 11) is 0. The summed E-state index contributed by atoms with van der Waals surface area (Å²) in [5.41, 5.74) is 1.73. The molecule has 36 heavy (non-hydrogen) atoms. The van der Waals surface area contributed by atoms with Crippen LogP contribution in [0, 0.1) is 23.2 Å². The molecule has 0 amide bonds. The molecule has 0 aromatic carbocycles. The normalized spacial score (nSPS) is 29.7. The third-order valence-corrected chi connectivity index (χ3v) is 9.89. The summed E-state index contributed by atoms with van der Waals surface area (Å²) in [6.07, 6.45) is 28.5. The highest BCUT2D eigenvalue weighted by Gasteiger charge is 2.54. The Morgan fingerprint density at radius 1 is 0.889 bits per heavy atom. The van der Waals surface area contributed by atoms with Gasteiger partial charge in [0, 0.05) is 12.5 Å². The molecule has 3 rings (SSSR count). The lowest BCUT2D eigenvalue weighted by Gasteiger charge is -2.50. The second kappa shape index (κ2) is 16.2. The molecule has 3 heteroatoms. The van der Waals surface area contributed by atoms with E-state index in [9.17, 15) is 4.79 Å². The first-order chi connectivity index (χ1) is 17.5. The van der Waals surface area contributed by atoms with Crippen LogP contribution in [-0.4, -0.2) is 25.2 Å². The van der Waals surface area contributed by atoms with Gasteiger partial charge in [0.2, 0.25) is 0 Å². The Morgan fingerprint density at radius 3 is 2.03 bits per heavy atom. The van der Waals surface area contributed by atoms with Crippen LogP contribution in [0.4, 0.5) is 0 Å². The fraction of sp³-hybridized carbons (Fsp3) is 0.909. The average molecular weight is 502 g/mol. The predicted molar refractivity (Wildman–Crippen MR) is 153 cm³/mol. The minimum Gasteiger partial charge on any atom is -0.462 e. The number of allylic oxidation sites excluding steroid dienone is 1. The lowest BCUT2D eigenvalue weighted by molar-refractivity contribution is -0.146. The second-order valence-electron chi connectivity index (χ2n) is 12.9. The Bertz CT molecular complexity index is 646. The van der Waals surface area contributed by atoms with Crippen LogP contribution in [0.5, 0.6) is 0 Å². The van der Waals surface area contributed by atoms with Crippen LogP contribution in [0.15, 0.2) is 12.2 Å². The number of carbonyl (C=O) groups excluding carboxylic acids is 1. The van der Waals surface area contributed by atoms with Gasteiger partial charge in [-0.1, -0.05) is 122 Å². The summed E-state index contributed by atoms with van der Waals surface area (Å²) in [6.45, 7) is 11.0. The number of hydrogen-bond donors (Lipinski definition) is 1. The molecule has 0 radical (unpaired) electrons.